The Balaban J connectivity index is 0.00000288. The van der Waals surface area contributed by atoms with Crippen LogP contribution in [0.3, 0.4) is 0 Å². The maximum absolute atomic E-state index is 11.7. The van der Waals surface area contributed by atoms with Crippen LogP contribution in [0.4, 0.5) is 0 Å². The molecule has 1 saturated heterocycles. The Morgan fingerprint density at radius 1 is 1.33 bits per heavy atom. The molecule has 8 heteroatoms. The molecular formula is C16H28IN5OS. The Morgan fingerprint density at radius 2 is 2.04 bits per heavy atom. The largest absolute Gasteiger partial charge is 0.352 e. The predicted octanol–water partition coefficient (Wildman–Crippen LogP) is 1.54. The Bertz CT molecular complexity index is 513. The van der Waals surface area contributed by atoms with Gasteiger partial charge in [-0.1, -0.05) is 0 Å². The zero-order chi connectivity index (χ0) is 16.7. The van der Waals surface area contributed by atoms with E-state index in [4.69, 9.17) is 0 Å². The number of thiophene rings is 1. The van der Waals surface area contributed by atoms with E-state index in [9.17, 15) is 4.79 Å². The van der Waals surface area contributed by atoms with Crippen LogP contribution in [0, 0.1) is 0 Å². The van der Waals surface area contributed by atoms with E-state index in [-0.39, 0.29) is 29.9 Å². The summed E-state index contributed by atoms with van der Waals surface area (Å²) in [5, 5.41) is 7.67. The molecule has 1 aliphatic heterocycles. The number of piperazine rings is 1. The quantitative estimate of drug-likeness (QED) is 0.407. The molecule has 2 heterocycles. The number of amides is 1. The summed E-state index contributed by atoms with van der Waals surface area (Å²) < 4.78 is 0. The molecule has 1 aromatic heterocycles. The minimum Gasteiger partial charge on any atom is -0.352 e. The molecule has 6 nitrogen and oxygen atoms in total. The third-order valence-electron chi connectivity index (χ3n) is 4.06. The average Bonchev–Trinajstić information content (AvgIpc) is 3.07. The summed E-state index contributed by atoms with van der Waals surface area (Å²) in [5.41, 5.74) is 1.29. The third kappa shape index (κ3) is 6.56. The molecule has 0 spiro atoms. The molecule has 0 unspecified atom stereocenters. The minimum absolute atomic E-state index is 0. The van der Waals surface area contributed by atoms with E-state index in [1.807, 2.05) is 21.1 Å². The van der Waals surface area contributed by atoms with Gasteiger partial charge in [0.25, 0.3) is 0 Å². The number of aliphatic imine (C=N–C) groups is 1. The number of carbonyl (C=O) groups is 1. The van der Waals surface area contributed by atoms with Crippen molar-refractivity contribution in [3.05, 3.63) is 22.4 Å². The van der Waals surface area contributed by atoms with Crippen molar-refractivity contribution in [2.45, 2.75) is 13.0 Å². The second-order valence-corrected chi connectivity index (χ2v) is 6.68. The molecule has 2 rings (SSSR count). The molecule has 1 fully saturated rings. The number of guanidine groups is 1. The van der Waals surface area contributed by atoms with Crippen molar-refractivity contribution in [1.29, 1.82) is 0 Å². The normalized spacial score (nSPS) is 15.8. The van der Waals surface area contributed by atoms with Gasteiger partial charge in [0.2, 0.25) is 5.91 Å². The van der Waals surface area contributed by atoms with E-state index in [1.165, 1.54) is 5.56 Å². The number of halogens is 1. The molecule has 1 amide bonds. The van der Waals surface area contributed by atoms with Gasteiger partial charge in [-0.2, -0.15) is 11.3 Å². The fraction of sp³-hybridized carbons (Fsp3) is 0.625. The first-order valence-corrected chi connectivity index (χ1v) is 8.93. The average molecular weight is 465 g/mol. The van der Waals surface area contributed by atoms with Crippen molar-refractivity contribution in [1.82, 2.24) is 20.0 Å². The SMILES string of the molecule is CN=C(NCc1ccsc1)N1CCN(CCC(=O)N(C)C)CC1.I. The molecule has 1 aliphatic rings. The Hall–Kier alpha value is -0.870. The molecule has 0 atom stereocenters. The maximum atomic E-state index is 11.7. The van der Waals surface area contributed by atoms with Gasteiger partial charge in [-0.3, -0.25) is 14.7 Å². The van der Waals surface area contributed by atoms with Crippen molar-refractivity contribution in [3.8, 4) is 0 Å². The highest BCUT2D eigenvalue weighted by Gasteiger charge is 2.20. The van der Waals surface area contributed by atoms with Gasteiger partial charge in [0.15, 0.2) is 5.96 Å². The zero-order valence-corrected chi connectivity index (χ0v) is 17.8. The predicted molar refractivity (Wildman–Crippen MR) is 111 cm³/mol. The number of hydrogen-bond acceptors (Lipinski definition) is 4. The van der Waals surface area contributed by atoms with E-state index in [1.54, 1.807) is 16.2 Å². The molecule has 1 aromatic rings. The molecule has 0 aromatic carbocycles. The fourth-order valence-corrected chi connectivity index (χ4v) is 3.24. The second-order valence-electron chi connectivity index (χ2n) is 5.90. The lowest BCUT2D eigenvalue weighted by Crippen LogP contribution is -2.52. The van der Waals surface area contributed by atoms with Crippen LogP contribution < -0.4 is 5.32 Å². The topological polar surface area (TPSA) is 51.2 Å². The van der Waals surface area contributed by atoms with E-state index in [0.717, 1.165) is 45.2 Å². The lowest BCUT2D eigenvalue weighted by molar-refractivity contribution is -0.129. The Morgan fingerprint density at radius 3 is 2.58 bits per heavy atom. The van der Waals surface area contributed by atoms with Gasteiger partial charge in [-0.25, -0.2) is 0 Å². The summed E-state index contributed by atoms with van der Waals surface area (Å²) in [5.74, 6) is 1.15. The molecule has 136 valence electrons. The molecule has 0 saturated carbocycles. The number of rotatable bonds is 5. The first-order valence-electron chi connectivity index (χ1n) is 7.99. The highest BCUT2D eigenvalue weighted by Crippen LogP contribution is 2.07. The summed E-state index contributed by atoms with van der Waals surface area (Å²) in [6.07, 6.45) is 0.595. The van der Waals surface area contributed by atoms with E-state index in [0.29, 0.717) is 6.42 Å². The maximum Gasteiger partial charge on any atom is 0.223 e. The van der Waals surface area contributed by atoms with Crippen LogP contribution in [-0.4, -0.2) is 80.4 Å². The highest BCUT2D eigenvalue weighted by atomic mass is 127. The molecular weight excluding hydrogens is 437 g/mol. The van der Waals surface area contributed by atoms with Crippen LogP contribution in [-0.2, 0) is 11.3 Å². The van der Waals surface area contributed by atoms with Crippen LogP contribution in [0.2, 0.25) is 0 Å². The van der Waals surface area contributed by atoms with Crippen LogP contribution in [0.15, 0.2) is 21.8 Å². The van der Waals surface area contributed by atoms with Crippen molar-refractivity contribution in [2.75, 3.05) is 53.9 Å². The van der Waals surface area contributed by atoms with Gasteiger partial charge in [0.1, 0.15) is 0 Å². The number of carbonyl (C=O) groups excluding carboxylic acids is 1. The van der Waals surface area contributed by atoms with Gasteiger partial charge in [-0.05, 0) is 22.4 Å². The zero-order valence-electron chi connectivity index (χ0n) is 14.7. The van der Waals surface area contributed by atoms with Crippen LogP contribution in [0.1, 0.15) is 12.0 Å². The first kappa shape index (κ1) is 21.2. The minimum atomic E-state index is 0. The number of nitrogens with one attached hydrogen (secondary N) is 1. The summed E-state index contributed by atoms with van der Waals surface area (Å²) in [7, 11) is 5.45. The lowest BCUT2D eigenvalue weighted by atomic mass is 10.3. The molecule has 0 radical (unpaired) electrons. The summed E-state index contributed by atoms with van der Waals surface area (Å²) in [4.78, 5) is 22.4. The summed E-state index contributed by atoms with van der Waals surface area (Å²) >= 11 is 1.71. The molecule has 0 bridgehead atoms. The molecule has 24 heavy (non-hydrogen) atoms. The smallest absolute Gasteiger partial charge is 0.223 e. The number of hydrogen-bond donors (Lipinski definition) is 1. The summed E-state index contributed by atoms with van der Waals surface area (Å²) in [6, 6.07) is 2.13. The van der Waals surface area contributed by atoms with Crippen LogP contribution in [0.5, 0.6) is 0 Å². The lowest BCUT2D eigenvalue weighted by Gasteiger charge is -2.36. The molecule has 1 N–H and O–H groups in total. The van der Waals surface area contributed by atoms with Gasteiger partial charge in [0.05, 0.1) is 0 Å². The van der Waals surface area contributed by atoms with E-state index < -0.39 is 0 Å². The van der Waals surface area contributed by atoms with Gasteiger partial charge in [0, 0.05) is 66.8 Å². The third-order valence-corrected chi connectivity index (χ3v) is 4.79. The molecule has 0 aliphatic carbocycles. The number of nitrogens with zero attached hydrogens (tertiary/aromatic N) is 4. The highest BCUT2D eigenvalue weighted by molar-refractivity contribution is 14.0. The van der Waals surface area contributed by atoms with E-state index >= 15 is 0 Å². The van der Waals surface area contributed by atoms with Crippen LogP contribution in [0.25, 0.3) is 0 Å². The van der Waals surface area contributed by atoms with Gasteiger partial charge in [-0.15, -0.1) is 24.0 Å². The summed E-state index contributed by atoms with van der Waals surface area (Å²) in [6.45, 7) is 5.48. The van der Waals surface area contributed by atoms with E-state index in [2.05, 4.69) is 36.9 Å². The van der Waals surface area contributed by atoms with Gasteiger partial charge < -0.3 is 15.1 Å². The first-order chi connectivity index (χ1) is 11.1. The van der Waals surface area contributed by atoms with Crippen LogP contribution >= 0.6 is 35.3 Å². The van der Waals surface area contributed by atoms with Crippen molar-refractivity contribution >= 4 is 47.2 Å². The second kappa shape index (κ2) is 10.9. The Labute approximate surface area is 165 Å². The standard InChI is InChI=1S/C16H27N5OS.HI/c1-17-16(18-12-14-5-11-23-13-14)21-9-7-20(8-10-21)6-4-15(22)19(2)3;/h5,11,13H,4,6-10,12H2,1-3H3,(H,17,18);1H. The monoisotopic (exact) mass is 465 g/mol. The Kier molecular flexibility index (Phi) is 9.60. The van der Waals surface area contributed by atoms with Crippen molar-refractivity contribution in [2.24, 2.45) is 4.99 Å². The van der Waals surface area contributed by atoms with Crippen molar-refractivity contribution < 1.29 is 4.79 Å². The van der Waals surface area contributed by atoms with Gasteiger partial charge >= 0.3 is 0 Å². The fourth-order valence-electron chi connectivity index (χ4n) is 2.57. The van der Waals surface area contributed by atoms with Crippen molar-refractivity contribution in [3.63, 3.8) is 0 Å².